The maximum Gasteiger partial charge on any atom is 0.337 e. The Kier molecular flexibility index (Phi) is 8.69. The van der Waals surface area contributed by atoms with Crippen molar-refractivity contribution < 1.29 is 28.9 Å². The number of carbonyl (C=O) groups is 2. The molecule has 10 heteroatoms. The standard InChI is InChI=1S/C25H30N4O6/c1-5-34-20-12-18(23-22(24(31)33-4)16(3)27-25(32)28-23)10-11-19(20)35-14-21(30)29-26-13-17-8-6-15(2)7-9-17/h6-13,21,23,29-30H,5,14H2,1-4H3,(H2,27,28,32)/b26-13-/t21-,23+/m1/s1. The summed E-state index contributed by atoms with van der Waals surface area (Å²) >= 11 is 0. The number of hydrazone groups is 1. The van der Waals surface area contributed by atoms with Crippen LogP contribution in [0.1, 0.15) is 36.6 Å². The molecule has 35 heavy (non-hydrogen) atoms. The van der Waals surface area contributed by atoms with Crippen molar-refractivity contribution in [3.05, 3.63) is 70.4 Å². The highest BCUT2D eigenvalue weighted by Gasteiger charge is 2.32. The predicted octanol–water partition coefficient (Wildman–Crippen LogP) is 2.52. The number of aryl methyl sites for hydroxylation is 1. The summed E-state index contributed by atoms with van der Waals surface area (Å²) in [4.78, 5) is 24.4. The van der Waals surface area contributed by atoms with Crippen LogP contribution in [-0.2, 0) is 9.53 Å². The molecule has 4 N–H and O–H groups in total. The van der Waals surface area contributed by atoms with Gasteiger partial charge < -0.3 is 30.0 Å². The quantitative estimate of drug-likeness (QED) is 0.177. The molecule has 0 fully saturated rings. The van der Waals surface area contributed by atoms with Crippen molar-refractivity contribution in [1.29, 1.82) is 0 Å². The molecular weight excluding hydrogens is 452 g/mol. The van der Waals surface area contributed by atoms with Gasteiger partial charge in [0.05, 0.1) is 31.5 Å². The monoisotopic (exact) mass is 482 g/mol. The second-order valence-electron chi connectivity index (χ2n) is 7.83. The number of hydrogen-bond donors (Lipinski definition) is 4. The van der Waals surface area contributed by atoms with E-state index in [1.807, 2.05) is 38.1 Å². The number of nitrogens with zero attached hydrogens (tertiary/aromatic N) is 1. The van der Waals surface area contributed by atoms with Gasteiger partial charge in [0.15, 0.2) is 17.7 Å². The van der Waals surface area contributed by atoms with E-state index in [2.05, 4.69) is 21.2 Å². The summed E-state index contributed by atoms with van der Waals surface area (Å²) in [5.74, 6) is 0.230. The zero-order valence-electron chi connectivity index (χ0n) is 20.1. The smallest absolute Gasteiger partial charge is 0.337 e. The molecule has 10 nitrogen and oxygen atoms in total. The summed E-state index contributed by atoms with van der Waals surface area (Å²) < 4.78 is 16.3. The van der Waals surface area contributed by atoms with E-state index >= 15 is 0 Å². The first-order valence-electron chi connectivity index (χ1n) is 11.1. The van der Waals surface area contributed by atoms with Gasteiger partial charge in [0.1, 0.15) is 6.61 Å². The number of rotatable bonds is 10. The first-order valence-corrected chi connectivity index (χ1v) is 11.1. The number of methoxy groups -OCH3 is 1. The Morgan fingerprint density at radius 2 is 1.91 bits per heavy atom. The zero-order valence-corrected chi connectivity index (χ0v) is 20.1. The Bertz CT molecular complexity index is 1110. The lowest BCUT2D eigenvalue weighted by atomic mass is 9.95. The van der Waals surface area contributed by atoms with Crippen LogP contribution < -0.4 is 25.5 Å². The van der Waals surface area contributed by atoms with Crippen LogP contribution in [0.5, 0.6) is 11.5 Å². The molecule has 186 valence electrons. The van der Waals surface area contributed by atoms with Gasteiger partial charge in [-0.3, -0.25) is 5.43 Å². The summed E-state index contributed by atoms with van der Waals surface area (Å²) in [7, 11) is 1.28. The van der Waals surface area contributed by atoms with Crippen LogP contribution >= 0.6 is 0 Å². The molecule has 2 atom stereocenters. The van der Waals surface area contributed by atoms with Crippen molar-refractivity contribution in [3.8, 4) is 11.5 Å². The number of amides is 2. The van der Waals surface area contributed by atoms with Crippen molar-refractivity contribution in [2.75, 3.05) is 20.3 Å². The number of hydrogen-bond acceptors (Lipinski definition) is 8. The van der Waals surface area contributed by atoms with Crippen LogP contribution in [0.3, 0.4) is 0 Å². The molecule has 1 heterocycles. The molecule has 1 aliphatic heterocycles. The van der Waals surface area contributed by atoms with E-state index in [0.29, 0.717) is 29.4 Å². The third-order valence-corrected chi connectivity index (χ3v) is 5.19. The molecule has 1 aliphatic rings. The van der Waals surface area contributed by atoms with Crippen LogP contribution in [0, 0.1) is 6.92 Å². The Balaban J connectivity index is 1.71. The molecule has 0 aromatic heterocycles. The van der Waals surface area contributed by atoms with E-state index in [9.17, 15) is 14.7 Å². The number of allylic oxidation sites excluding steroid dienone is 1. The Hall–Kier alpha value is -4.05. The van der Waals surface area contributed by atoms with Gasteiger partial charge in [0, 0.05) is 5.70 Å². The third kappa shape index (κ3) is 6.73. The summed E-state index contributed by atoms with van der Waals surface area (Å²) in [6.45, 7) is 5.72. The number of aliphatic hydroxyl groups excluding tert-OH is 1. The van der Waals surface area contributed by atoms with Gasteiger partial charge in [0.2, 0.25) is 0 Å². The normalized spacial score (nSPS) is 16.4. The number of nitrogens with one attached hydrogen (secondary N) is 3. The average Bonchev–Trinajstić information content (AvgIpc) is 2.83. The van der Waals surface area contributed by atoms with Gasteiger partial charge in [0.25, 0.3) is 0 Å². The molecule has 2 amide bonds. The van der Waals surface area contributed by atoms with Crippen molar-refractivity contribution in [1.82, 2.24) is 16.1 Å². The lowest BCUT2D eigenvalue weighted by Gasteiger charge is -2.28. The summed E-state index contributed by atoms with van der Waals surface area (Å²) in [6, 6.07) is 11.7. The van der Waals surface area contributed by atoms with Crippen LogP contribution in [0.15, 0.2) is 58.8 Å². The molecule has 0 radical (unpaired) electrons. The lowest BCUT2D eigenvalue weighted by molar-refractivity contribution is -0.136. The Morgan fingerprint density at radius 1 is 1.17 bits per heavy atom. The van der Waals surface area contributed by atoms with Crippen LogP contribution in [0.2, 0.25) is 0 Å². The Labute approximate surface area is 204 Å². The summed E-state index contributed by atoms with van der Waals surface area (Å²) in [5.41, 5.74) is 5.96. The molecule has 0 unspecified atom stereocenters. The number of esters is 1. The van der Waals surface area contributed by atoms with Gasteiger partial charge in [-0.1, -0.05) is 35.9 Å². The number of ether oxygens (including phenoxy) is 3. The molecule has 3 rings (SSSR count). The number of carbonyl (C=O) groups excluding carboxylic acids is 2. The van der Waals surface area contributed by atoms with Crippen LogP contribution in [-0.4, -0.2) is 49.9 Å². The molecule has 0 bridgehead atoms. The zero-order chi connectivity index (χ0) is 25.4. The molecular formula is C25H30N4O6. The minimum absolute atomic E-state index is 0.0961. The molecule has 0 aliphatic carbocycles. The first kappa shape index (κ1) is 25.6. The highest BCUT2D eigenvalue weighted by atomic mass is 16.5. The SMILES string of the molecule is CCOc1cc([C@@H]2NC(=O)NC(C)=C2C(=O)OC)ccc1OC[C@@H](O)N/N=C\c1ccc(C)cc1. The average molecular weight is 483 g/mol. The van der Waals surface area contributed by atoms with Gasteiger partial charge in [-0.2, -0.15) is 5.10 Å². The molecule has 2 aromatic rings. The first-order chi connectivity index (χ1) is 16.8. The fourth-order valence-corrected chi connectivity index (χ4v) is 3.47. The van der Waals surface area contributed by atoms with E-state index in [-0.39, 0.29) is 12.2 Å². The van der Waals surface area contributed by atoms with Crippen molar-refractivity contribution in [2.24, 2.45) is 5.10 Å². The fourth-order valence-electron chi connectivity index (χ4n) is 3.47. The third-order valence-electron chi connectivity index (χ3n) is 5.19. The summed E-state index contributed by atoms with van der Waals surface area (Å²) in [5, 5.41) is 19.5. The largest absolute Gasteiger partial charge is 0.490 e. The topological polar surface area (TPSA) is 131 Å². The number of aliphatic hydroxyl groups is 1. The highest BCUT2D eigenvalue weighted by Crippen LogP contribution is 2.34. The maximum atomic E-state index is 12.3. The Morgan fingerprint density at radius 3 is 2.60 bits per heavy atom. The van der Waals surface area contributed by atoms with E-state index < -0.39 is 24.3 Å². The predicted molar refractivity (Wildman–Crippen MR) is 130 cm³/mol. The molecule has 0 saturated carbocycles. The van der Waals surface area contributed by atoms with Gasteiger partial charge >= 0.3 is 12.0 Å². The number of urea groups is 1. The number of benzene rings is 2. The maximum absolute atomic E-state index is 12.3. The van der Waals surface area contributed by atoms with Crippen LogP contribution in [0.25, 0.3) is 0 Å². The highest BCUT2D eigenvalue weighted by molar-refractivity contribution is 5.95. The van der Waals surface area contributed by atoms with Gasteiger partial charge in [-0.25, -0.2) is 9.59 Å². The second kappa shape index (κ2) is 11.9. The van der Waals surface area contributed by atoms with E-state index in [1.54, 1.807) is 31.3 Å². The minimum atomic E-state index is -1.06. The fraction of sp³-hybridized carbons (Fsp3) is 0.320. The molecule has 0 saturated heterocycles. The van der Waals surface area contributed by atoms with E-state index in [1.165, 1.54) is 7.11 Å². The van der Waals surface area contributed by atoms with Gasteiger partial charge in [-0.05, 0) is 44.0 Å². The van der Waals surface area contributed by atoms with Crippen molar-refractivity contribution in [2.45, 2.75) is 33.0 Å². The van der Waals surface area contributed by atoms with E-state index in [4.69, 9.17) is 14.2 Å². The van der Waals surface area contributed by atoms with Crippen molar-refractivity contribution >= 4 is 18.2 Å². The van der Waals surface area contributed by atoms with Crippen molar-refractivity contribution in [3.63, 3.8) is 0 Å². The van der Waals surface area contributed by atoms with E-state index in [0.717, 1.165) is 11.1 Å². The lowest BCUT2D eigenvalue weighted by Crippen LogP contribution is -2.45. The summed E-state index contributed by atoms with van der Waals surface area (Å²) in [6.07, 6.45) is 0.538. The molecule has 0 spiro atoms. The second-order valence-corrected chi connectivity index (χ2v) is 7.83. The van der Waals surface area contributed by atoms with Crippen LogP contribution in [0.4, 0.5) is 4.79 Å². The molecule has 2 aromatic carbocycles. The van der Waals surface area contributed by atoms with Gasteiger partial charge in [-0.15, -0.1) is 0 Å². The minimum Gasteiger partial charge on any atom is -0.490 e.